The highest BCUT2D eigenvalue weighted by Crippen LogP contribution is 2.27. The van der Waals surface area contributed by atoms with Gasteiger partial charge in [-0.15, -0.1) is 0 Å². The maximum atomic E-state index is 12.9. The topological polar surface area (TPSA) is 26.3 Å². The molecule has 0 bridgehead atoms. The third-order valence-corrected chi connectivity index (χ3v) is 2.09. The van der Waals surface area contributed by atoms with Crippen molar-refractivity contribution >= 4 is 5.78 Å². The highest BCUT2D eigenvalue weighted by atomic mass is 19.1. The van der Waals surface area contributed by atoms with Gasteiger partial charge in [-0.3, -0.25) is 4.79 Å². The second kappa shape index (κ2) is 4.01. The van der Waals surface area contributed by atoms with Crippen molar-refractivity contribution in [1.82, 2.24) is 0 Å². The third kappa shape index (κ3) is 2.55. The van der Waals surface area contributed by atoms with Crippen molar-refractivity contribution < 1.29 is 13.9 Å². The van der Waals surface area contributed by atoms with Crippen molar-refractivity contribution in [2.75, 3.05) is 7.11 Å². The van der Waals surface area contributed by atoms with E-state index in [0.717, 1.165) is 0 Å². The molecule has 0 aliphatic rings. The molecule has 0 saturated heterocycles. The number of carbonyl (C=O) groups is 1. The second-order valence-corrected chi connectivity index (χ2v) is 4.42. The highest BCUT2D eigenvalue weighted by Gasteiger charge is 2.25. The number of ether oxygens (including phenoxy) is 1. The Bertz CT molecular complexity index is 378. The fraction of sp³-hybridized carbons (Fsp3) is 0.417. The molecule has 0 spiro atoms. The fourth-order valence-corrected chi connectivity index (χ4v) is 1.26. The molecule has 1 aromatic rings. The molecule has 0 unspecified atom stereocenters. The summed E-state index contributed by atoms with van der Waals surface area (Å²) in [5.74, 6) is -0.174. The fourth-order valence-electron chi connectivity index (χ4n) is 1.26. The van der Waals surface area contributed by atoms with Gasteiger partial charge in [0.2, 0.25) is 0 Å². The van der Waals surface area contributed by atoms with Gasteiger partial charge < -0.3 is 4.74 Å². The van der Waals surface area contributed by atoms with Crippen LogP contribution in [-0.4, -0.2) is 12.9 Å². The summed E-state index contributed by atoms with van der Waals surface area (Å²) >= 11 is 0. The van der Waals surface area contributed by atoms with Crippen molar-refractivity contribution in [3.63, 3.8) is 0 Å². The first-order chi connectivity index (χ1) is 6.86. The number of rotatable bonds is 2. The summed E-state index contributed by atoms with van der Waals surface area (Å²) in [6.07, 6.45) is 0. The zero-order chi connectivity index (χ0) is 11.6. The van der Waals surface area contributed by atoms with Gasteiger partial charge in [0.15, 0.2) is 5.78 Å². The third-order valence-electron chi connectivity index (χ3n) is 2.09. The minimum absolute atomic E-state index is 0.0562. The molecule has 0 N–H and O–H groups in total. The van der Waals surface area contributed by atoms with Crippen LogP contribution in [-0.2, 0) is 0 Å². The van der Waals surface area contributed by atoms with Gasteiger partial charge in [-0.25, -0.2) is 4.39 Å². The Morgan fingerprint density at radius 1 is 1.33 bits per heavy atom. The average Bonchev–Trinajstić information content (AvgIpc) is 2.15. The van der Waals surface area contributed by atoms with Gasteiger partial charge in [0.05, 0.1) is 12.7 Å². The molecule has 2 nitrogen and oxygen atoms in total. The van der Waals surface area contributed by atoms with E-state index in [2.05, 4.69) is 0 Å². The molecule has 1 aromatic carbocycles. The minimum Gasteiger partial charge on any atom is -0.496 e. The molecule has 1 rings (SSSR count). The Morgan fingerprint density at radius 3 is 2.40 bits per heavy atom. The summed E-state index contributed by atoms with van der Waals surface area (Å²) in [6.45, 7) is 5.45. The average molecular weight is 210 g/mol. The molecule has 82 valence electrons. The normalized spacial score (nSPS) is 11.3. The molecule has 3 heteroatoms. The maximum Gasteiger partial charge on any atom is 0.171 e. The van der Waals surface area contributed by atoms with Crippen LogP contribution >= 0.6 is 0 Å². The zero-order valence-electron chi connectivity index (χ0n) is 9.43. The van der Waals surface area contributed by atoms with E-state index >= 15 is 0 Å². The molecule has 0 radical (unpaired) electrons. The van der Waals surface area contributed by atoms with Crippen LogP contribution in [0, 0.1) is 11.2 Å². The molecule has 0 saturated carbocycles. The van der Waals surface area contributed by atoms with Crippen LogP contribution in [0.2, 0.25) is 0 Å². The molecular weight excluding hydrogens is 195 g/mol. The predicted octanol–water partition coefficient (Wildman–Crippen LogP) is 3.06. The van der Waals surface area contributed by atoms with E-state index in [0.29, 0.717) is 5.56 Å². The highest BCUT2D eigenvalue weighted by molar-refractivity contribution is 6.02. The lowest BCUT2D eigenvalue weighted by molar-refractivity contribution is 0.0855. The summed E-state index contributed by atoms with van der Waals surface area (Å²) in [7, 11) is 1.42. The number of Topliss-reactive ketones (excluding diaryl/α,β-unsaturated/α-hetero) is 1. The Morgan fingerprint density at radius 2 is 1.93 bits per heavy atom. The number of hydrogen-bond acceptors (Lipinski definition) is 2. The van der Waals surface area contributed by atoms with Crippen molar-refractivity contribution in [2.45, 2.75) is 20.8 Å². The van der Waals surface area contributed by atoms with E-state index in [1.54, 1.807) is 0 Å². The van der Waals surface area contributed by atoms with Crippen molar-refractivity contribution in [3.8, 4) is 5.75 Å². The van der Waals surface area contributed by atoms with E-state index < -0.39 is 11.2 Å². The summed E-state index contributed by atoms with van der Waals surface area (Å²) in [5.41, 5.74) is -0.0723. The van der Waals surface area contributed by atoms with Gasteiger partial charge in [-0.05, 0) is 12.1 Å². The maximum absolute atomic E-state index is 12.9. The second-order valence-electron chi connectivity index (χ2n) is 4.42. The molecule has 0 fully saturated rings. The first-order valence-corrected chi connectivity index (χ1v) is 4.74. The predicted molar refractivity (Wildman–Crippen MR) is 56.7 cm³/mol. The monoisotopic (exact) mass is 210 g/mol. The molecule has 0 aromatic heterocycles. The molecular formula is C12H15FO2. The standard InChI is InChI=1S/C12H15FO2/c1-12(2,3)11(14)9-6-5-8(13)7-10(9)15-4/h5-7H,1-4H3. The Labute approximate surface area is 89.1 Å². The van der Waals surface area contributed by atoms with Gasteiger partial charge in [0.25, 0.3) is 0 Å². The summed E-state index contributed by atoms with van der Waals surface area (Å²) < 4.78 is 17.9. The summed E-state index contributed by atoms with van der Waals surface area (Å²) in [6, 6.07) is 3.95. The van der Waals surface area contributed by atoms with E-state index in [1.807, 2.05) is 20.8 Å². The smallest absolute Gasteiger partial charge is 0.171 e. The quantitative estimate of drug-likeness (QED) is 0.701. The van der Waals surface area contributed by atoms with Crippen LogP contribution in [0.5, 0.6) is 5.75 Å². The Balaban J connectivity index is 3.20. The van der Waals surface area contributed by atoms with Crippen LogP contribution in [0.25, 0.3) is 0 Å². The van der Waals surface area contributed by atoms with Gasteiger partial charge in [0.1, 0.15) is 11.6 Å². The molecule has 15 heavy (non-hydrogen) atoms. The van der Waals surface area contributed by atoms with Gasteiger partial charge in [-0.1, -0.05) is 20.8 Å². The van der Waals surface area contributed by atoms with E-state index in [9.17, 15) is 9.18 Å². The van der Waals surface area contributed by atoms with Crippen molar-refractivity contribution in [2.24, 2.45) is 5.41 Å². The van der Waals surface area contributed by atoms with Gasteiger partial charge in [0, 0.05) is 11.5 Å². The van der Waals surface area contributed by atoms with E-state index in [1.165, 1.54) is 25.3 Å². The van der Waals surface area contributed by atoms with Gasteiger partial charge >= 0.3 is 0 Å². The van der Waals surface area contributed by atoms with Crippen molar-refractivity contribution in [1.29, 1.82) is 0 Å². The number of halogens is 1. The van der Waals surface area contributed by atoms with Crippen LogP contribution in [0.1, 0.15) is 31.1 Å². The lowest BCUT2D eigenvalue weighted by Crippen LogP contribution is -2.20. The first kappa shape index (κ1) is 11.7. The SMILES string of the molecule is COc1cc(F)ccc1C(=O)C(C)(C)C. The lowest BCUT2D eigenvalue weighted by Gasteiger charge is -2.18. The van der Waals surface area contributed by atoms with E-state index in [4.69, 9.17) is 4.74 Å². The number of benzene rings is 1. The number of methoxy groups -OCH3 is 1. The molecule has 0 aliphatic carbocycles. The summed E-state index contributed by atoms with van der Waals surface area (Å²) in [5, 5.41) is 0. The minimum atomic E-state index is -0.495. The van der Waals surface area contributed by atoms with Gasteiger partial charge in [-0.2, -0.15) is 0 Å². The van der Waals surface area contributed by atoms with Crippen LogP contribution in [0.3, 0.4) is 0 Å². The van der Waals surface area contributed by atoms with Crippen molar-refractivity contribution in [3.05, 3.63) is 29.6 Å². The van der Waals surface area contributed by atoms with E-state index in [-0.39, 0.29) is 11.5 Å². The Hall–Kier alpha value is -1.38. The molecule has 0 aliphatic heterocycles. The number of ketones is 1. The molecule has 0 heterocycles. The largest absolute Gasteiger partial charge is 0.496 e. The Kier molecular flexibility index (Phi) is 3.12. The summed E-state index contributed by atoms with van der Waals surface area (Å²) in [4.78, 5) is 12.0. The molecule has 0 amide bonds. The lowest BCUT2D eigenvalue weighted by atomic mass is 9.86. The molecule has 0 atom stereocenters. The number of hydrogen-bond donors (Lipinski definition) is 0. The number of carbonyl (C=O) groups excluding carboxylic acids is 1. The van der Waals surface area contributed by atoms with Crippen LogP contribution in [0.4, 0.5) is 4.39 Å². The van der Waals surface area contributed by atoms with Crippen LogP contribution in [0.15, 0.2) is 18.2 Å². The first-order valence-electron chi connectivity index (χ1n) is 4.74. The van der Waals surface area contributed by atoms with Crippen LogP contribution < -0.4 is 4.74 Å². The zero-order valence-corrected chi connectivity index (χ0v) is 9.43.